The first-order valence-electron chi connectivity index (χ1n) is 9.73. The Hall–Kier alpha value is -3.73. The summed E-state index contributed by atoms with van der Waals surface area (Å²) in [4.78, 5) is 20.1. The van der Waals surface area contributed by atoms with Crippen LogP contribution >= 0.6 is 0 Å². The highest BCUT2D eigenvalue weighted by Crippen LogP contribution is 2.33. The van der Waals surface area contributed by atoms with Crippen molar-refractivity contribution in [2.24, 2.45) is 0 Å². The van der Waals surface area contributed by atoms with E-state index in [4.69, 9.17) is 5.73 Å². The van der Waals surface area contributed by atoms with E-state index in [-0.39, 0.29) is 18.2 Å². The SMILES string of the molecule is Cc1cc(-c2c(-c3ccccc3)[nH+]c(N)n3c(=O)n(CCC(F)(F)F)nc23)cc(CO)n1. The number of H-pyrrole nitrogens is 1. The fourth-order valence-corrected chi connectivity index (χ4v) is 3.58. The van der Waals surface area contributed by atoms with Crippen LogP contribution < -0.4 is 16.4 Å². The number of fused-ring (bicyclic) bond motifs is 1. The Labute approximate surface area is 179 Å². The number of halogens is 3. The number of pyridine rings is 1. The van der Waals surface area contributed by atoms with Crippen molar-refractivity contribution in [3.63, 3.8) is 0 Å². The van der Waals surface area contributed by atoms with E-state index < -0.39 is 24.8 Å². The van der Waals surface area contributed by atoms with Gasteiger partial charge in [0.2, 0.25) is 5.65 Å². The first-order chi connectivity index (χ1) is 15.2. The van der Waals surface area contributed by atoms with Gasteiger partial charge in [0.25, 0.3) is 0 Å². The average molecular weight is 445 g/mol. The van der Waals surface area contributed by atoms with E-state index in [1.165, 1.54) is 0 Å². The van der Waals surface area contributed by atoms with E-state index in [1.54, 1.807) is 19.1 Å². The molecule has 32 heavy (non-hydrogen) atoms. The van der Waals surface area contributed by atoms with Gasteiger partial charge in [-0.3, -0.25) is 10.7 Å². The molecule has 3 heterocycles. The number of aryl methyl sites for hydroxylation is 2. The molecule has 0 unspecified atom stereocenters. The largest absolute Gasteiger partial charge is 0.411 e. The van der Waals surface area contributed by atoms with E-state index >= 15 is 0 Å². The van der Waals surface area contributed by atoms with Crippen LogP contribution in [0.2, 0.25) is 0 Å². The Bertz CT molecular complexity index is 1350. The van der Waals surface area contributed by atoms with Crippen molar-refractivity contribution in [1.29, 1.82) is 0 Å². The molecule has 0 aliphatic carbocycles. The van der Waals surface area contributed by atoms with Crippen molar-refractivity contribution in [2.45, 2.75) is 32.7 Å². The van der Waals surface area contributed by atoms with E-state index in [0.29, 0.717) is 28.2 Å². The standard InChI is InChI=1S/C21H19F3N6O2/c1-12-9-14(10-15(11-31)26-12)16-17(13-5-3-2-4-6-13)27-19(25)30-18(16)28-29(20(30)32)8-7-21(22,23)24/h2-6,9-10,31H,7-8,11H2,1H3,(H2,25,27)/p+1. The van der Waals surface area contributed by atoms with E-state index in [0.717, 1.165) is 14.6 Å². The fraction of sp³-hybridized carbons (Fsp3) is 0.238. The molecular formula is C21H20F3N6O2+. The van der Waals surface area contributed by atoms with Crippen LogP contribution in [0, 0.1) is 6.92 Å². The number of aliphatic hydroxyl groups is 1. The second-order valence-electron chi connectivity index (χ2n) is 7.30. The van der Waals surface area contributed by atoms with E-state index in [9.17, 15) is 23.1 Å². The van der Waals surface area contributed by atoms with Crippen LogP contribution in [-0.4, -0.2) is 30.4 Å². The minimum absolute atomic E-state index is 0.0704. The van der Waals surface area contributed by atoms with Gasteiger partial charge >= 0.3 is 17.8 Å². The van der Waals surface area contributed by atoms with Crippen molar-refractivity contribution in [2.75, 3.05) is 5.73 Å². The molecule has 4 aromatic rings. The Kier molecular flexibility index (Phi) is 5.43. The second kappa shape index (κ2) is 8.08. The van der Waals surface area contributed by atoms with Gasteiger partial charge < -0.3 is 5.11 Å². The van der Waals surface area contributed by atoms with Crippen LogP contribution in [0.15, 0.2) is 47.3 Å². The van der Waals surface area contributed by atoms with Gasteiger partial charge in [0, 0.05) is 11.3 Å². The summed E-state index contributed by atoms with van der Waals surface area (Å²) in [6, 6.07) is 12.5. The summed E-state index contributed by atoms with van der Waals surface area (Å²) >= 11 is 0. The highest BCUT2D eigenvalue weighted by molar-refractivity contribution is 5.88. The molecule has 4 N–H and O–H groups in total. The first kappa shape index (κ1) is 21.5. The molecule has 0 aliphatic heterocycles. The molecule has 0 atom stereocenters. The number of alkyl halides is 3. The van der Waals surface area contributed by atoms with Crippen LogP contribution in [0.4, 0.5) is 19.1 Å². The zero-order chi connectivity index (χ0) is 23.0. The number of anilines is 1. The summed E-state index contributed by atoms with van der Waals surface area (Å²) in [5, 5.41) is 13.8. The highest BCUT2D eigenvalue weighted by Gasteiger charge is 2.30. The summed E-state index contributed by atoms with van der Waals surface area (Å²) in [6.45, 7) is 0.801. The molecule has 0 bridgehead atoms. The summed E-state index contributed by atoms with van der Waals surface area (Å²) in [6.07, 6.45) is -5.65. The Morgan fingerprint density at radius 2 is 1.88 bits per heavy atom. The molecule has 0 fully saturated rings. The zero-order valence-electron chi connectivity index (χ0n) is 17.0. The number of nitrogens with zero attached hydrogens (tertiary/aromatic N) is 4. The third-order valence-electron chi connectivity index (χ3n) is 4.93. The number of hydrogen-bond acceptors (Lipinski definition) is 5. The predicted octanol–water partition coefficient (Wildman–Crippen LogP) is 2.37. The summed E-state index contributed by atoms with van der Waals surface area (Å²) in [7, 11) is 0. The maximum atomic E-state index is 12.8. The molecule has 0 radical (unpaired) electrons. The summed E-state index contributed by atoms with van der Waals surface area (Å²) in [5.74, 6) is -0.0704. The van der Waals surface area contributed by atoms with Crippen LogP contribution in [0.1, 0.15) is 17.8 Å². The van der Waals surface area contributed by atoms with Gasteiger partial charge in [0.15, 0.2) is 0 Å². The van der Waals surface area contributed by atoms with Crippen LogP contribution in [0.5, 0.6) is 0 Å². The number of hydrogen-bond donors (Lipinski definition) is 2. The van der Waals surface area contributed by atoms with Gasteiger partial charge in [0.1, 0.15) is 5.69 Å². The summed E-state index contributed by atoms with van der Waals surface area (Å²) in [5.41, 5.74) is 8.71. The van der Waals surface area contributed by atoms with Gasteiger partial charge in [-0.2, -0.15) is 17.9 Å². The molecule has 0 aliphatic rings. The number of nitrogens with one attached hydrogen (secondary N) is 1. The minimum Gasteiger partial charge on any atom is -0.390 e. The Morgan fingerprint density at radius 3 is 2.53 bits per heavy atom. The van der Waals surface area contributed by atoms with Crippen LogP contribution in [-0.2, 0) is 13.2 Å². The molecule has 0 amide bonds. The van der Waals surface area contributed by atoms with Crippen LogP contribution in [0.25, 0.3) is 28.0 Å². The molecule has 0 saturated carbocycles. The Balaban J connectivity index is 2.05. The normalized spacial score (nSPS) is 11.9. The number of aromatic amines is 1. The van der Waals surface area contributed by atoms with Gasteiger partial charge in [-0.1, -0.05) is 30.3 Å². The molecule has 0 spiro atoms. The zero-order valence-corrected chi connectivity index (χ0v) is 17.0. The molecule has 4 rings (SSSR count). The fourth-order valence-electron chi connectivity index (χ4n) is 3.58. The molecule has 0 saturated heterocycles. The lowest BCUT2D eigenvalue weighted by molar-refractivity contribution is -0.351. The minimum atomic E-state index is -4.44. The van der Waals surface area contributed by atoms with Crippen molar-refractivity contribution < 1.29 is 23.3 Å². The third kappa shape index (κ3) is 4.06. The van der Waals surface area contributed by atoms with Gasteiger partial charge in [0.05, 0.1) is 30.8 Å². The third-order valence-corrected chi connectivity index (χ3v) is 4.93. The smallest absolute Gasteiger partial charge is 0.390 e. The average Bonchev–Trinajstić information content (AvgIpc) is 3.08. The number of aliphatic hydroxyl groups excluding tert-OH is 1. The lowest BCUT2D eigenvalue weighted by Crippen LogP contribution is -2.28. The summed E-state index contributed by atoms with van der Waals surface area (Å²) < 4.78 is 40.1. The molecule has 11 heteroatoms. The number of nitrogens with two attached hydrogens (primary N) is 1. The maximum Gasteiger partial charge on any atom is 0.411 e. The van der Waals surface area contributed by atoms with E-state index in [2.05, 4.69) is 15.1 Å². The predicted molar refractivity (Wildman–Crippen MR) is 110 cm³/mol. The second-order valence-corrected chi connectivity index (χ2v) is 7.30. The van der Waals surface area contributed by atoms with Crippen molar-refractivity contribution >= 4 is 11.6 Å². The molecule has 8 nitrogen and oxygen atoms in total. The molecular weight excluding hydrogens is 425 g/mol. The molecule has 166 valence electrons. The van der Waals surface area contributed by atoms with Crippen molar-refractivity contribution in [1.82, 2.24) is 19.2 Å². The lowest BCUT2D eigenvalue weighted by Gasteiger charge is -2.10. The number of benzene rings is 1. The maximum absolute atomic E-state index is 12.8. The monoisotopic (exact) mass is 445 g/mol. The Morgan fingerprint density at radius 1 is 1.16 bits per heavy atom. The number of aromatic nitrogens is 5. The van der Waals surface area contributed by atoms with E-state index in [1.807, 2.05) is 30.3 Å². The molecule has 3 aromatic heterocycles. The van der Waals surface area contributed by atoms with Crippen molar-refractivity contribution in [3.8, 4) is 22.4 Å². The molecule has 1 aromatic carbocycles. The first-order valence-corrected chi connectivity index (χ1v) is 9.73. The topological polar surface area (TPSA) is 113 Å². The van der Waals surface area contributed by atoms with Gasteiger partial charge in [-0.25, -0.2) is 9.78 Å². The number of rotatable bonds is 5. The lowest BCUT2D eigenvalue weighted by atomic mass is 9.99. The van der Waals surface area contributed by atoms with Crippen molar-refractivity contribution in [3.05, 3.63) is 64.3 Å². The number of nitrogen functional groups attached to an aromatic ring is 1. The quantitative estimate of drug-likeness (QED) is 0.490. The van der Waals surface area contributed by atoms with Gasteiger partial charge in [-0.15, -0.1) is 9.50 Å². The van der Waals surface area contributed by atoms with Gasteiger partial charge in [-0.05, 0) is 24.6 Å². The van der Waals surface area contributed by atoms with Crippen LogP contribution in [0.3, 0.4) is 0 Å². The highest BCUT2D eigenvalue weighted by atomic mass is 19.4.